The minimum atomic E-state index is -4.41. The van der Waals surface area contributed by atoms with E-state index in [0.717, 1.165) is 91.1 Å². The van der Waals surface area contributed by atoms with Gasteiger partial charge in [-0.25, -0.2) is 15.0 Å². The maximum Gasteiger partial charge on any atom is 0.416 e. The second-order valence-electron chi connectivity index (χ2n) is 10.0. The molecule has 1 aliphatic rings. The number of aromatic amines is 1. The fraction of sp³-hybridized carbons (Fsp3) is 0.300. The van der Waals surface area contributed by atoms with Gasteiger partial charge in [0.1, 0.15) is 5.82 Å². The van der Waals surface area contributed by atoms with Gasteiger partial charge in [-0.15, -0.1) is 0 Å². The minimum Gasteiger partial charge on any atom is -0.379 e. The largest absolute Gasteiger partial charge is 0.416 e. The van der Waals surface area contributed by atoms with Crippen molar-refractivity contribution in [3.63, 3.8) is 0 Å². The number of imidazole rings is 1. The Morgan fingerprint density at radius 3 is 2.58 bits per heavy atom. The quantitative estimate of drug-likeness (QED) is 0.233. The third kappa shape index (κ3) is 5.64. The fourth-order valence-corrected chi connectivity index (χ4v) is 5.02. The van der Waals surface area contributed by atoms with Crippen molar-refractivity contribution >= 4 is 27.9 Å². The van der Waals surface area contributed by atoms with Crippen molar-refractivity contribution in [2.45, 2.75) is 19.5 Å². The second-order valence-corrected chi connectivity index (χ2v) is 10.0. The van der Waals surface area contributed by atoms with Crippen molar-refractivity contribution in [2.75, 3.05) is 44.7 Å². The topological polar surface area (TPSA) is 79.0 Å². The molecule has 2 aromatic heterocycles. The summed E-state index contributed by atoms with van der Waals surface area (Å²) in [7, 11) is 0. The van der Waals surface area contributed by atoms with Gasteiger partial charge in [0, 0.05) is 36.8 Å². The van der Waals surface area contributed by atoms with Gasteiger partial charge in [-0.1, -0.05) is 18.2 Å². The number of halogens is 3. The summed E-state index contributed by atoms with van der Waals surface area (Å²) >= 11 is 0. The molecule has 0 saturated carbocycles. The van der Waals surface area contributed by atoms with Crippen molar-refractivity contribution in [1.29, 1.82) is 0 Å². The second kappa shape index (κ2) is 10.9. The Morgan fingerprint density at radius 1 is 0.950 bits per heavy atom. The van der Waals surface area contributed by atoms with Crippen LogP contribution < -0.4 is 5.32 Å². The highest BCUT2D eigenvalue weighted by atomic mass is 19.4. The number of fused-ring (bicyclic) bond motifs is 2. The van der Waals surface area contributed by atoms with Crippen molar-refractivity contribution in [3.05, 3.63) is 71.9 Å². The van der Waals surface area contributed by atoms with E-state index in [2.05, 4.69) is 36.2 Å². The predicted molar refractivity (Wildman–Crippen MR) is 150 cm³/mol. The zero-order chi connectivity index (χ0) is 27.7. The molecule has 2 N–H and O–H groups in total. The van der Waals surface area contributed by atoms with Gasteiger partial charge in [0.15, 0.2) is 0 Å². The van der Waals surface area contributed by atoms with E-state index < -0.39 is 11.7 Å². The zero-order valence-corrected chi connectivity index (χ0v) is 22.1. The van der Waals surface area contributed by atoms with Gasteiger partial charge >= 0.3 is 6.18 Å². The van der Waals surface area contributed by atoms with Crippen LogP contribution in [0.25, 0.3) is 44.5 Å². The van der Waals surface area contributed by atoms with Crippen LogP contribution in [0.2, 0.25) is 0 Å². The Balaban J connectivity index is 1.20. The molecule has 0 aliphatic carbocycles. The summed E-state index contributed by atoms with van der Waals surface area (Å²) in [6.45, 7) is 7.42. The first-order valence-corrected chi connectivity index (χ1v) is 13.3. The summed E-state index contributed by atoms with van der Waals surface area (Å²) in [6, 6.07) is 15.5. The number of alkyl halides is 3. The van der Waals surface area contributed by atoms with Crippen LogP contribution in [-0.4, -0.2) is 64.2 Å². The molecule has 3 heterocycles. The highest BCUT2D eigenvalue weighted by Gasteiger charge is 2.30. The number of H-pyrrole nitrogens is 1. The van der Waals surface area contributed by atoms with Gasteiger partial charge in [0.25, 0.3) is 0 Å². The number of benzene rings is 3. The highest BCUT2D eigenvalue weighted by molar-refractivity contribution is 5.87. The summed E-state index contributed by atoms with van der Waals surface area (Å²) < 4.78 is 44.8. The number of aryl methyl sites for hydroxylation is 1. The molecular weight excluding hydrogens is 517 g/mol. The molecule has 5 aromatic rings. The monoisotopic (exact) mass is 546 g/mol. The smallest absolute Gasteiger partial charge is 0.379 e. The van der Waals surface area contributed by atoms with Crippen LogP contribution in [0, 0.1) is 6.92 Å². The van der Waals surface area contributed by atoms with Gasteiger partial charge in [0.2, 0.25) is 5.95 Å². The highest BCUT2D eigenvalue weighted by Crippen LogP contribution is 2.33. The van der Waals surface area contributed by atoms with Crippen LogP contribution in [-0.2, 0) is 10.9 Å². The first-order valence-electron chi connectivity index (χ1n) is 13.3. The average molecular weight is 547 g/mol. The predicted octanol–water partition coefficient (Wildman–Crippen LogP) is 6.30. The van der Waals surface area contributed by atoms with E-state index in [-0.39, 0.29) is 0 Å². The van der Waals surface area contributed by atoms with E-state index in [1.165, 1.54) is 6.07 Å². The molecule has 7 nitrogen and oxygen atoms in total. The summed E-state index contributed by atoms with van der Waals surface area (Å²) in [4.78, 5) is 19.2. The third-order valence-corrected chi connectivity index (χ3v) is 7.25. The molecule has 0 radical (unpaired) electrons. The van der Waals surface area contributed by atoms with Gasteiger partial charge < -0.3 is 15.0 Å². The number of ether oxygens (including phenoxy) is 1. The van der Waals surface area contributed by atoms with Crippen molar-refractivity contribution in [2.24, 2.45) is 0 Å². The molecule has 0 bridgehead atoms. The Bertz CT molecular complexity index is 1660. The van der Waals surface area contributed by atoms with E-state index in [1.54, 1.807) is 0 Å². The van der Waals surface area contributed by atoms with Crippen molar-refractivity contribution in [3.8, 4) is 22.5 Å². The number of anilines is 1. The van der Waals surface area contributed by atoms with Crippen molar-refractivity contribution < 1.29 is 17.9 Å². The molecule has 6 rings (SSSR count). The summed E-state index contributed by atoms with van der Waals surface area (Å²) in [5.41, 5.74) is 4.83. The van der Waals surface area contributed by atoms with Crippen molar-refractivity contribution in [1.82, 2.24) is 24.8 Å². The maximum absolute atomic E-state index is 13.1. The van der Waals surface area contributed by atoms with E-state index in [0.29, 0.717) is 22.8 Å². The lowest BCUT2D eigenvalue weighted by atomic mass is 9.97. The lowest BCUT2D eigenvalue weighted by Gasteiger charge is -2.26. The Labute approximate surface area is 229 Å². The summed E-state index contributed by atoms with van der Waals surface area (Å²) in [6.07, 6.45) is -1.58. The molecule has 0 unspecified atom stereocenters. The van der Waals surface area contributed by atoms with Crippen LogP contribution in [0.15, 0.2) is 60.8 Å². The third-order valence-electron chi connectivity index (χ3n) is 7.25. The SMILES string of the molecule is Cc1ccc(-c2nc3ccc(C(F)(F)F)cc3[nH]2)cc1-c1ccc2nc(NCCCN3CCOCC3)ncc2c1. The first kappa shape index (κ1) is 26.2. The van der Waals surface area contributed by atoms with Crippen LogP contribution in [0.3, 0.4) is 0 Å². The van der Waals surface area contributed by atoms with Crippen LogP contribution in [0.4, 0.5) is 19.1 Å². The van der Waals surface area contributed by atoms with Gasteiger partial charge in [-0.3, -0.25) is 4.90 Å². The van der Waals surface area contributed by atoms with E-state index in [4.69, 9.17) is 4.74 Å². The molecule has 0 atom stereocenters. The number of aromatic nitrogens is 4. The van der Waals surface area contributed by atoms with E-state index in [1.807, 2.05) is 43.5 Å². The molecule has 10 heteroatoms. The molecule has 206 valence electrons. The number of nitrogens with zero attached hydrogens (tertiary/aromatic N) is 4. The van der Waals surface area contributed by atoms with Gasteiger partial charge in [-0.2, -0.15) is 13.2 Å². The standard InChI is InChI=1S/C30H29F3N6O/c1-19-3-4-21(28-36-26-8-6-23(30(31,32)33)17-27(26)37-28)16-24(19)20-5-7-25-22(15-20)18-35-29(38-25)34-9-2-10-39-11-13-40-14-12-39/h3-8,15-18H,2,9-14H2,1H3,(H,36,37)(H,34,35,38). The molecule has 0 spiro atoms. The summed E-state index contributed by atoms with van der Waals surface area (Å²) in [5.74, 6) is 1.13. The zero-order valence-electron chi connectivity index (χ0n) is 22.1. The molecule has 1 fully saturated rings. The Kier molecular flexibility index (Phi) is 7.12. The molecule has 1 aliphatic heterocycles. The Morgan fingerprint density at radius 2 is 1.75 bits per heavy atom. The number of hydrogen-bond acceptors (Lipinski definition) is 6. The molecular formula is C30H29F3N6O. The van der Waals surface area contributed by atoms with Crippen LogP contribution in [0.1, 0.15) is 17.5 Å². The normalized spacial score (nSPS) is 14.7. The molecule has 40 heavy (non-hydrogen) atoms. The first-order chi connectivity index (χ1) is 19.3. The van der Waals surface area contributed by atoms with E-state index in [9.17, 15) is 13.2 Å². The number of rotatable bonds is 7. The van der Waals surface area contributed by atoms with Gasteiger partial charge in [0.05, 0.1) is 35.3 Å². The average Bonchev–Trinajstić information content (AvgIpc) is 3.39. The molecule has 0 amide bonds. The van der Waals surface area contributed by atoms with Gasteiger partial charge in [-0.05, 0) is 73.0 Å². The lowest BCUT2D eigenvalue weighted by Crippen LogP contribution is -2.37. The lowest BCUT2D eigenvalue weighted by molar-refractivity contribution is -0.137. The van der Waals surface area contributed by atoms with Crippen LogP contribution >= 0.6 is 0 Å². The van der Waals surface area contributed by atoms with E-state index >= 15 is 0 Å². The number of nitrogens with one attached hydrogen (secondary N) is 2. The fourth-order valence-electron chi connectivity index (χ4n) is 5.02. The number of hydrogen-bond donors (Lipinski definition) is 2. The Hall–Kier alpha value is -4.02. The maximum atomic E-state index is 13.1. The van der Waals surface area contributed by atoms with Crippen LogP contribution in [0.5, 0.6) is 0 Å². The molecule has 1 saturated heterocycles. The summed E-state index contributed by atoms with van der Waals surface area (Å²) in [5, 5.41) is 4.25. The molecule has 3 aromatic carbocycles. The number of morpholine rings is 1. The minimum absolute atomic E-state index is 0.348.